The number of benzene rings is 1. The third-order valence-corrected chi connectivity index (χ3v) is 3.78. The van der Waals surface area contributed by atoms with Gasteiger partial charge in [-0.25, -0.2) is 9.82 Å². The van der Waals surface area contributed by atoms with E-state index < -0.39 is 5.60 Å². The van der Waals surface area contributed by atoms with E-state index in [2.05, 4.69) is 10.3 Å². The van der Waals surface area contributed by atoms with Gasteiger partial charge in [0.25, 0.3) is 0 Å². The molecule has 110 valence electrons. The molecule has 0 amide bonds. The molecule has 1 aromatic heterocycles. The van der Waals surface area contributed by atoms with Gasteiger partial charge in [0.05, 0.1) is 10.7 Å². The molecule has 5 nitrogen and oxygen atoms in total. The van der Waals surface area contributed by atoms with Crippen LogP contribution in [0.4, 0.5) is 17.1 Å². The van der Waals surface area contributed by atoms with E-state index in [0.717, 1.165) is 16.5 Å². The van der Waals surface area contributed by atoms with E-state index >= 15 is 0 Å². The van der Waals surface area contributed by atoms with Crippen molar-refractivity contribution in [3.63, 3.8) is 0 Å². The van der Waals surface area contributed by atoms with Crippen molar-refractivity contribution in [3.8, 4) is 0 Å². The largest absolute Gasteiger partial charge is 0.354 e. The minimum atomic E-state index is -0.569. The molecule has 0 atom stereocenters. The Bertz CT molecular complexity index is 707. The van der Waals surface area contributed by atoms with Crippen molar-refractivity contribution in [2.24, 2.45) is 0 Å². The third-order valence-electron chi connectivity index (χ3n) is 3.27. The quantitative estimate of drug-likeness (QED) is 0.795. The van der Waals surface area contributed by atoms with E-state index in [-0.39, 0.29) is 0 Å². The monoisotopic (exact) mass is 325 g/mol. The van der Waals surface area contributed by atoms with Gasteiger partial charge in [-0.15, -0.1) is 5.23 Å². The molecular weight excluding hydrogens is 313 g/mol. The molecule has 2 heterocycles. The van der Waals surface area contributed by atoms with Gasteiger partial charge in [0, 0.05) is 23.5 Å². The first kappa shape index (κ1) is 14.4. The average molecular weight is 326 g/mol. The fourth-order valence-corrected chi connectivity index (χ4v) is 2.56. The Morgan fingerprint density at radius 3 is 2.81 bits per heavy atom. The molecule has 7 heteroatoms. The highest BCUT2D eigenvalue weighted by molar-refractivity contribution is 6.34. The number of hydrogen-bond donors (Lipinski definition) is 2. The number of halogens is 2. The average Bonchev–Trinajstić information content (AvgIpc) is 2.64. The summed E-state index contributed by atoms with van der Waals surface area (Å²) in [4.78, 5) is 9.27. The van der Waals surface area contributed by atoms with Crippen LogP contribution in [0, 0.1) is 0 Å². The summed E-state index contributed by atoms with van der Waals surface area (Å²) in [5, 5.41) is 14.6. The zero-order chi connectivity index (χ0) is 15.2. The van der Waals surface area contributed by atoms with Gasteiger partial charge < -0.3 is 5.32 Å². The summed E-state index contributed by atoms with van der Waals surface area (Å²) >= 11 is 11.9. The molecule has 0 spiro atoms. The van der Waals surface area contributed by atoms with E-state index in [1.54, 1.807) is 12.1 Å². The van der Waals surface area contributed by atoms with E-state index in [1.807, 2.05) is 26.0 Å². The van der Waals surface area contributed by atoms with Crippen LogP contribution in [0.3, 0.4) is 0 Å². The van der Waals surface area contributed by atoms with E-state index in [0.29, 0.717) is 21.6 Å². The number of aromatic nitrogens is 1. The van der Waals surface area contributed by atoms with Crippen molar-refractivity contribution in [3.05, 3.63) is 46.2 Å². The Morgan fingerprint density at radius 1 is 1.29 bits per heavy atom. The summed E-state index contributed by atoms with van der Waals surface area (Å²) in [6.45, 7) is 3.77. The Kier molecular flexibility index (Phi) is 3.45. The van der Waals surface area contributed by atoms with Crippen molar-refractivity contribution >= 4 is 40.3 Å². The second-order valence-corrected chi connectivity index (χ2v) is 6.01. The molecule has 21 heavy (non-hydrogen) atoms. The molecule has 0 saturated heterocycles. The first-order valence-corrected chi connectivity index (χ1v) is 7.03. The Hall–Kier alpha value is -1.53. The topological polar surface area (TPSA) is 57.6 Å². The minimum Gasteiger partial charge on any atom is -0.354 e. The molecule has 0 bridgehead atoms. The summed E-state index contributed by atoms with van der Waals surface area (Å²) in [5.41, 5.74) is 2.30. The van der Waals surface area contributed by atoms with E-state index in [4.69, 9.17) is 28.0 Å². The molecule has 2 aromatic rings. The van der Waals surface area contributed by atoms with Gasteiger partial charge >= 0.3 is 0 Å². The molecule has 1 aromatic carbocycles. The van der Waals surface area contributed by atoms with Crippen LogP contribution in [0.2, 0.25) is 10.2 Å². The first-order chi connectivity index (χ1) is 9.87. The molecule has 1 aliphatic heterocycles. The summed E-state index contributed by atoms with van der Waals surface area (Å²) < 4.78 is 0. The lowest BCUT2D eigenvalue weighted by Gasteiger charge is -2.17. The predicted octanol–water partition coefficient (Wildman–Crippen LogP) is 4.51. The van der Waals surface area contributed by atoms with Crippen LogP contribution in [0.5, 0.6) is 0 Å². The van der Waals surface area contributed by atoms with Crippen LogP contribution >= 0.6 is 23.2 Å². The number of nitrogens with zero attached hydrogens (tertiary/aromatic N) is 2. The lowest BCUT2D eigenvalue weighted by Crippen LogP contribution is -2.22. The van der Waals surface area contributed by atoms with Gasteiger partial charge in [-0.1, -0.05) is 29.3 Å². The van der Waals surface area contributed by atoms with Gasteiger partial charge in [0.15, 0.2) is 0 Å². The third kappa shape index (κ3) is 2.65. The second kappa shape index (κ2) is 5.03. The van der Waals surface area contributed by atoms with Crippen molar-refractivity contribution in [1.29, 1.82) is 0 Å². The Morgan fingerprint density at radius 2 is 2.05 bits per heavy atom. The highest BCUT2D eigenvalue weighted by Crippen LogP contribution is 2.42. The van der Waals surface area contributed by atoms with Crippen molar-refractivity contribution in [1.82, 2.24) is 4.98 Å². The van der Waals surface area contributed by atoms with Gasteiger partial charge in [0.1, 0.15) is 16.4 Å². The summed E-state index contributed by atoms with van der Waals surface area (Å²) in [6, 6.07) is 7.18. The van der Waals surface area contributed by atoms with Crippen molar-refractivity contribution in [2.45, 2.75) is 19.4 Å². The summed E-state index contributed by atoms with van der Waals surface area (Å²) in [5.74, 6) is 0. The lowest BCUT2D eigenvalue weighted by molar-refractivity contribution is -0.111. The van der Waals surface area contributed by atoms with Crippen LogP contribution in [-0.4, -0.2) is 10.2 Å². The molecule has 2 N–H and O–H groups in total. The predicted molar refractivity (Wildman–Crippen MR) is 82.4 cm³/mol. The number of pyridine rings is 1. The van der Waals surface area contributed by atoms with Crippen LogP contribution < -0.4 is 10.5 Å². The molecule has 3 rings (SSSR count). The number of nitrogens with one attached hydrogen (secondary N) is 1. The molecule has 1 aliphatic rings. The number of rotatable bonds is 2. The summed E-state index contributed by atoms with van der Waals surface area (Å²) in [6.07, 6.45) is 1.48. The zero-order valence-electron chi connectivity index (χ0n) is 11.4. The van der Waals surface area contributed by atoms with E-state index in [1.165, 1.54) is 6.20 Å². The van der Waals surface area contributed by atoms with Crippen LogP contribution in [-0.2, 0) is 10.4 Å². The van der Waals surface area contributed by atoms with E-state index in [9.17, 15) is 5.21 Å². The van der Waals surface area contributed by atoms with Gasteiger partial charge in [-0.3, -0.25) is 5.21 Å². The SMILES string of the molecule is CC1(C)ON(O)c2cc(Nc3cc(Cl)ncc3Cl)ccc21. The van der Waals surface area contributed by atoms with Gasteiger partial charge in [-0.2, -0.15) is 0 Å². The maximum absolute atomic E-state index is 9.83. The maximum Gasteiger partial charge on any atom is 0.131 e. The van der Waals surface area contributed by atoms with Crippen molar-refractivity contribution < 1.29 is 10.0 Å². The maximum atomic E-state index is 9.83. The molecular formula is C14H13Cl2N3O2. The number of fused-ring (bicyclic) bond motifs is 1. The minimum absolute atomic E-state index is 0.344. The molecule has 0 radical (unpaired) electrons. The van der Waals surface area contributed by atoms with Gasteiger partial charge in [-0.05, 0) is 26.0 Å². The fourth-order valence-electron chi connectivity index (χ4n) is 2.26. The molecule has 0 unspecified atom stereocenters. The highest BCUT2D eigenvalue weighted by Gasteiger charge is 2.36. The van der Waals surface area contributed by atoms with Crippen LogP contribution in [0.15, 0.2) is 30.5 Å². The Labute approximate surface area is 132 Å². The Balaban J connectivity index is 1.95. The standard InChI is InChI=1S/C14H13Cl2N3O2/c1-14(2)9-4-3-8(5-12(9)19(20)21-14)18-11-6-13(16)17-7-10(11)15/h3-7,20H,1-2H3,(H,17,18). The smallest absolute Gasteiger partial charge is 0.131 e. The highest BCUT2D eigenvalue weighted by atomic mass is 35.5. The van der Waals surface area contributed by atoms with Crippen LogP contribution in [0.1, 0.15) is 19.4 Å². The molecule has 0 aliphatic carbocycles. The molecule has 0 fully saturated rings. The number of anilines is 3. The normalized spacial score (nSPS) is 16.0. The fraction of sp³-hybridized carbons (Fsp3) is 0.214. The van der Waals surface area contributed by atoms with Crippen LogP contribution in [0.25, 0.3) is 0 Å². The summed E-state index contributed by atoms with van der Waals surface area (Å²) in [7, 11) is 0. The molecule has 0 saturated carbocycles. The lowest BCUT2D eigenvalue weighted by atomic mass is 9.97. The zero-order valence-corrected chi connectivity index (χ0v) is 12.9. The second-order valence-electron chi connectivity index (χ2n) is 5.22. The first-order valence-electron chi connectivity index (χ1n) is 6.27. The van der Waals surface area contributed by atoms with Crippen molar-refractivity contribution in [2.75, 3.05) is 10.5 Å². The van der Waals surface area contributed by atoms with Gasteiger partial charge in [0.2, 0.25) is 0 Å². The number of hydrogen-bond acceptors (Lipinski definition) is 5.